The molecule has 3 nitrogen and oxygen atoms in total. The van der Waals surface area contributed by atoms with Crippen LogP contribution in [0.1, 0.15) is 19.8 Å². The lowest BCUT2D eigenvalue weighted by molar-refractivity contribution is -0.943. The van der Waals surface area contributed by atoms with E-state index in [4.69, 9.17) is 18.6 Å². The van der Waals surface area contributed by atoms with Crippen molar-refractivity contribution in [2.24, 2.45) is 11.8 Å². The molecule has 3 N–H and O–H groups in total. The van der Waals surface area contributed by atoms with Gasteiger partial charge in [0.1, 0.15) is 6.04 Å². The van der Waals surface area contributed by atoms with Gasteiger partial charge in [-0.25, -0.2) is 0 Å². The maximum absolute atomic E-state index is 5.59. The van der Waals surface area contributed by atoms with Crippen molar-refractivity contribution >= 4 is 17.3 Å². The van der Waals surface area contributed by atoms with E-state index >= 15 is 0 Å². The van der Waals surface area contributed by atoms with Crippen LogP contribution in [0, 0.1) is 24.2 Å². The largest absolute Gasteiger partial charge is 0.363 e. The molecule has 2 bridgehead atoms. The summed E-state index contributed by atoms with van der Waals surface area (Å²) >= 11 is 5.19. The first kappa shape index (κ1) is 12.7. The average Bonchev–Trinajstić information content (AvgIpc) is 2.37. The van der Waals surface area contributed by atoms with Crippen molar-refractivity contribution in [3.63, 3.8) is 0 Å². The summed E-state index contributed by atoms with van der Waals surface area (Å²) in [7, 11) is 0. The first-order valence-corrected chi connectivity index (χ1v) is 6.97. The minimum absolute atomic E-state index is 0.510. The number of rotatable bonds is 3. The van der Waals surface area contributed by atoms with Crippen LogP contribution in [0.15, 0.2) is 0 Å². The zero-order valence-electron chi connectivity index (χ0n) is 10.5. The van der Waals surface area contributed by atoms with Crippen molar-refractivity contribution in [2.75, 3.05) is 26.2 Å². The number of piperidine rings is 3. The van der Waals surface area contributed by atoms with Crippen molar-refractivity contribution < 1.29 is 4.90 Å². The van der Waals surface area contributed by atoms with Crippen molar-refractivity contribution in [3.8, 4) is 12.3 Å². The molecule has 0 amide bonds. The van der Waals surface area contributed by atoms with E-state index in [1.54, 1.807) is 4.90 Å². The lowest BCUT2D eigenvalue weighted by Crippen LogP contribution is -3.20. The van der Waals surface area contributed by atoms with Crippen LogP contribution in [0.2, 0.25) is 0 Å². The van der Waals surface area contributed by atoms with Gasteiger partial charge in [0.15, 0.2) is 5.11 Å². The molecule has 0 saturated carbocycles. The molecule has 4 heteroatoms. The van der Waals surface area contributed by atoms with Crippen LogP contribution in [0.4, 0.5) is 0 Å². The van der Waals surface area contributed by atoms with Gasteiger partial charge in [-0.1, -0.05) is 5.92 Å². The van der Waals surface area contributed by atoms with Gasteiger partial charge in [0.25, 0.3) is 0 Å². The molecule has 3 heterocycles. The Bertz CT molecular complexity index is 323. The van der Waals surface area contributed by atoms with Gasteiger partial charge >= 0.3 is 0 Å². The molecule has 94 valence electrons. The van der Waals surface area contributed by atoms with E-state index in [-0.39, 0.29) is 0 Å². The Morgan fingerprint density at radius 1 is 1.53 bits per heavy atom. The molecule has 17 heavy (non-hydrogen) atoms. The molecular formula is C13H22N3S+. The minimum Gasteiger partial charge on any atom is -0.363 e. The third-order valence-corrected chi connectivity index (χ3v) is 4.40. The lowest BCUT2D eigenvalue weighted by atomic mass is 9.76. The summed E-state index contributed by atoms with van der Waals surface area (Å²) in [5.74, 6) is 4.22. The number of hydrogen-bond acceptors (Lipinski definition) is 1. The molecular weight excluding hydrogens is 230 g/mol. The molecule has 3 aliphatic rings. The van der Waals surface area contributed by atoms with E-state index in [9.17, 15) is 0 Å². The van der Waals surface area contributed by atoms with Crippen LogP contribution >= 0.6 is 12.2 Å². The molecule has 3 fully saturated rings. The van der Waals surface area contributed by atoms with Crippen LogP contribution < -0.4 is 15.5 Å². The Morgan fingerprint density at radius 3 is 2.94 bits per heavy atom. The number of quaternary nitrogens is 1. The fourth-order valence-corrected chi connectivity index (χ4v) is 3.40. The second-order valence-electron chi connectivity index (χ2n) is 5.11. The summed E-state index contributed by atoms with van der Waals surface area (Å²) in [6.45, 7) is 6.36. The average molecular weight is 252 g/mol. The van der Waals surface area contributed by atoms with Gasteiger partial charge < -0.3 is 15.5 Å². The van der Waals surface area contributed by atoms with Crippen LogP contribution in [-0.2, 0) is 0 Å². The second-order valence-corrected chi connectivity index (χ2v) is 5.52. The lowest BCUT2D eigenvalue weighted by Gasteiger charge is -2.45. The van der Waals surface area contributed by atoms with E-state index < -0.39 is 0 Å². The highest BCUT2D eigenvalue weighted by atomic mass is 32.1. The highest BCUT2D eigenvalue weighted by Crippen LogP contribution is 2.25. The normalized spacial score (nSPS) is 35.1. The Labute approximate surface area is 109 Å². The number of thiocarbonyl (C=S) groups is 1. The van der Waals surface area contributed by atoms with Gasteiger partial charge in [-0.05, 0) is 25.1 Å². The quantitative estimate of drug-likeness (QED) is 0.463. The van der Waals surface area contributed by atoms with E-state index in [1.807, 2.05) is 0 Å². The van der Waals surface area contributed by atoms with Gasteiger partial charge in [0, 0.05) is 19.4 Å². The van der Waals surface area contributed by atoms with Gasteiger partial charge in [0.2, 0.25) is 0 Å². The van der Waals surface area contributed by atoms with Crippen molar-refractivity contribution in [2.45, 2.75) is 25.8 Å². The molecule has 0 aliphatic carbocycles. The summed E-state index contributed by atoms with van der Waals surface area (Å²) in [5.41, 5.74) is 0. The highest BCUT2D eigenvalue weighted by molar-refractivity contribution is 7.80. The first-order valence-electron chi connectivity index (χ1n) is 6.57. The molecule has 3 rings (SSSR count). The summed E-state index contributed by atoms with van der Waals surface area (Å²) in [6, 6.07) is 0.690. The van der Waals surface area contributed by atoms with Crippen LogP contribution in [-0.4, -0.2) is 37.3 Å². The first-order chi connectivity index (χ1) is 8.24. The molecule has 0 aromatic carbocycles. The highest BCUT2D eigenvalue weighted by Gasteiger charge is 2.42. The molecule has 3 saturated heterocycles. The summed E-state index contributed by atoms with van der Waals surface area (Å²) in [4.78, 5) is 1.67. The summed E-state index contributed by atoms with van der Waals surface area (Å²) in [5, 5.41) is 7.23. The van der Waals surface area contributed by atoms with Gasteiger partial charge in [-0.2, -0.15) is 0 Å². The summed E-state index contributed by atoms with van der Waals surface area (Å²) in [6.07, 6.45) is 8.15. The van der Waals surface area contributed by atoms with Gasteiger partial charge in [-0.15, -0.1) is 6.42 Å². The predicted molar refractivity (Wildman–Crippen MR) is 73.8 cm³/mol. The molecule has 0 radical (unpaired) electrons. The van der Waals surface area contributed by atoms with Gasteiger partial charge in [0.05, 0.1) is 25.6 Å². The van der Waals surface area contributed by atoms with Crippen LogP contribution in [0.3, 0.4) is 0 Å². The Morgan fingerprint density at radius 2 is 2.35 bits per heavy atom. The van der Waals surface area contributed by atoms with E-state index in [0.717, 1.165) is 30.7 Å². The monoisotopic (exact) mass is 252 g/mol. The number of terminal acetylenes is 1. The third kappa shape index (κ3) is 2.91. The maximum atomic E-state index is 5.59. The number of hydrogen-bond donors (Lipinski definition) is 3. The molecule has 0 aromatic rings. The van der Waals surface area contributed by atoms with Crippen LogP contribution in [0.25, 0.3) is 0 Å². The van der Waals surface area contributed by atoms with Gasteiger partial charge in [-0.3, -0.25) is 0 Å². The fraction of sp³-hybridized carbons (Fsp3) is 0.769. The Balaban J connectivity index is 1.81. The SMILES string of the molecule is C#C[C@H]1C[NH+]2CC[C@@H]1C[C@@H]2CNC(=S)NCC. The van der Waals surface area contributed by atoms with Crippen molar-refractivity contribution in [1.29, 1.82) is 0 Å². The Kier molecular flexibility index (Phi) is 4.25. The molecule has 0 spiro atoms. The molecule has 0 aromatic heterocycles. The van der Waals surface area contributed by atoms with E-state index in [0.29, 0.717) is 12.0 Å². The Hall–Kier alpha value is -0.790. The second kappa shape index (κ2) is 5.70. The summed E-state index contributed by atoms with van der Waals surface area (Å²) < 4.78 is 0. The molecule has 1 unspecified atom stereocenters. The van der Waals surface area contributed by atoms with Crippen LogP contribution in [0.5, 0.6) is 0 Å². The standard InChI is InChI=1S/C13H21N3S/c1-3-10-9-16-6-5-11(10)7-12(16)8-15-13(17)14-4-2/h1,10-12H,4-9H2,2H3,(H2,14,15,17)/p+1/t10-,11+,12+/m0/s1. The van der Waals surface area contributed by atoms with Crippen molar-refractivity contribution in [3.05, 3.63) is 0 Å². The smallest absolute Gasteiger partial charge is 0.166 e. The maximum Gasteiger partial charge on any atom is 0.166 e. The van der Waals surface area contributed by atoms with E-state index in [2.05, 4.69) is 23.5 Å². The number of fused-ring (bicyclic) bond motifs is 3. The topological polar surface area (TPSA) is 28.5 Å². The fourth-order valence-electron chi connectivity index (χ4n) is 3.17. The molecule has 4 atom stereocenters. The third-order valence-electron chi connectivity index (χ3n) is 4.11. The predicted octanol–water partition coefficient (Wildman–Crippen LogP) is -0.603. The van der Waals surface area contributed by atoms with E-state index in [1.165, 1.54) is 19.4 Å². The van der Waals surface area contributed by atoms with Crippen molar-refractivity contribution in [1.82, 2.24) is 10.6 Å². The zero-order valence-corrected chi connectivity index (χ0v) is 11.3. The minimum atomic E-state index is 0.510. The number of nitrogens with one attached hydrogen (secondary N) is 3. The molecule has 3 aliphatic heterocycles. The zero-order chi connectivity index (χ0) is 12.3.